The highest BCUT2D eigenvalue weighted by atomic mass is 16.4. The van der Waals surface area contributed by atoms with Gasteiger partial charge in [-0.25, -0.2) is 0 Å². The van der Waals surface area contributed by atoms with Gasteiger partial charge in [0.25, 0.3) is 0 Å². The van der Waals surface area contributed by atoms with Crippen LogP contribution in [-0.4, -0.2) is 55.9 Å². The van der Waals surface area contributed by atoms with Gasteiger partial charge in [0.05, 0.1) is 18.1 Å². The van der Waals surface area contributed by atoms with E-state index >= 15 is 0 Å². The summed E-state index contributed by atoms with van der Waals surface area (Å²) in [5.74, 6) is -2.52. The zero-order chi connectivity index (χ0) is 10.2. The van der Waals surface area contributed by atoms with E-state index < -0.39 is 36.3 Å². The number of rotatable bonds is 1. The van der Waals surface area contributed by atoms with Crippen molar-refractivity contribution in [3.05, 3.63) is 0 Å². The highest BCUT2D eigenvalue weighted by Crippen LogP contribution is 2.25. The summed E-state index contributed by atoms with van der Waals surface area (Å²) >= 11 is 0. The summed E-state index contributed by atoms with van der Waals surface area (Å²) in [6, 6.07) is 0. The normalized spacial score (nSPS) is 46.0. The molecule has 1 saturated carbocycles. The molecule has 6 nitrogen and oxygen atoms in total. The number of hydrogen-bond donors (Lipinski definition) is 5. The van der Waals surface area contributed by atoms with Crippen molar-refractivity contribution >= 4 is 5.97 Å². The van der Waals surface area contributed by atoms with Crippen molar-refractivity contribution in [1.29, 1.82) is 0 Å². The summed E-state index contributed by atoms with van der Waals surface area (Å²) in [4.78, 5) is 10.5. The van der Waals surface area contributed by atoms with E-state index in [9.17, 15) is 9.90 Å². The van der Waals surface area contributed by atoms with Crippen LogP contribution in [0.15, 0.2) is 0 Å². The lowest BCUT2D eigenvalue weighted by atomic mass is 9.81. The number of hydrogen-bond acceptors (Lipinski definition) is 5. The molecule has 5 atom stereocenters. The molecule has 0 saturated heterocycles. The van der Waals surface area contributed by atoms with Crippen LogP contribution >= 0.6 is 0 Å². The van der Waals surface area contributed by atoms with E-state index in [-0.39, 0.29) is 6.42 Å². The molecule has 13 heavy (non-hydrogen) atoms. The standard InChI is InChI=1S/C7H12O6/c8-3-1-2(7(12)13)4(9)6(11)5(3)10/h2-6,8-11H,1H2,(H,12,13)/t2-,3?,4-,5-,6-/m0/s1. The summed E-state index contributed by atoms with van der Waals surface area (Å²) in [5, 5.41) is 45.0. The van der Waals surface area contributed by atoms with Gasteiger partial charge in [0.1, 0.15) is 12.2 Å². The molecule has 0 aromatic carbocycles. The molecule has 0 spiro atoms. The van der Waals surface area contributed by atoms with E-state index in [0.29, 0.717) is 0 Å². The van der Waals surface area contributed by atoms with E-state index in [2.05, 4.69) is 0 Å². The molecule has 0 bridgehead atoms. The first kappa shape index (κ1) is 10.4. The van der Waals surface area contributed by atoms with Crippen LogP contribution in [0.5, 0.6) is 0 Å². The van der Waals surface area contributed by atoms with Crippen molar-refractivity contribution < 1.29 is 30.3 Å². The van der Waals surface area contributed by atoms with Crippen LogP contribution in [0, 0.1) is 5.92 Å². The highest BCUT2D eigenvalue weighted by molar-refractivity contribution is 5.71. The molecule has 0 amide bonds. The predicted molar refractivity (Wildman–Crippen MR) is 39.8 cm³/mol. The molecule has 0 radical (unpaired) electrons. The SMILES string of the molecule is O=C(O)[C@H]1CC(O)[C@H](O)[C@@H](O)[C@H]1O. The molecule has 5 N–H and O–H groups in total. The fraction of sp³-hybridized carbons (Fsp3) is 0.857. The zero-order valence-electron chi connectivity index (χ0n) is 6.74. The Bertz CT molecular complexity index is 205. The minimum absolute atomic E-state index is 0.255. The van der Waals surface area contributed by atoms with Gasteiger partial charge in [-0.2, -0.15) is 0 Å². The van der Waals surface area contributed by atoms with E-state index in [0.717, 1.165) is 0 Å². The van der Waals surface area contributed by atoms with Crippen molar-refractivity contribution in [2.24, 2.45) is 5.92 Å². The Morgan fingerprint density at radius 2 is 1.54 bits per heavy atom. The molecule has 1 aliphatic carbocycles. The molecule has 0 aromatic rings. The quantitative estimate of drug-likeness (QED) is 0.314. The third-order valence-corrected chi connectivity index (χ3v) is 2.32. The third kappa shape index (κ3) is 1.80. The smallest absolute Gasteiger partial charge is 0.309 e. The minimum Gasteiger partial charge on any atom is -0.481 e. The number of carboxylic acids is 1. The monoisotopic (exact) mass is 192 g/mol. The van der Waals surface area contributed by atoms with E-state index in [1.54, 1.807) is 0 Å². The molecular formula is C7H12O6. The molecule has 76 valence electrons. The first-order chi connectivity index (χ1) is 5.95. The van der Waals surface area contributed by atoms with Gasteiger partial charge in [-0.05, 0) is 6.42 Å². The second kappa shape index (κ2) is 3.59. The highest BCUT2D eigenvalue weighted by Gasteiger charge is 2.44. The summed E-state index contributed by atoms with van der Waals surface area (Å²) < 4.78 is 0. The molecule has 0 heterocycles. The lowest BCUT2D eigenvalue weighted by Gasteiger charge is -2.36. The number of carbonyl (C=O) groups is 1. The maximum atomic E-state index is 10.5. The van der Waals surface area contributed by atoms with Crippen molar-refractivity contribution in [3.8, 4) is 0 Å². The summed E-state index contributed by atoms with van der Waals surface area (Å²) in [5.41, 5.74) is 0. The van der Waals surface area contributed by atoms with Crippen LogP contribution in [0.3, 0.4) is 0 Å². The van der Waals surface area contributed by atoms with Crippen molar-refractivity contribution in [2.75, 3.05) is 0 Å². The Kier molecular flexibility index (Phi) is 2.87. The average molecular weight is 192 g/mol. The predicted octanol–water partition coefficient (Wildman–Crippen LogP) is -2.47. The van der Waals surface area contributed by atoms with Gasteiger partial charge < -0.3 is 25.5 Å². The van der Waals surface area contributed by atoms with Gasteiger partial charge in [-0.1, -0.05) is 0 Å². The Labute approximate surface area is 74.1 Å². The fourth-order valence-electron chi connectivity index (χ4n) is 1.45. The number of aliphatic hydroxyl groups excluding tert-OH is 4. The topological polar surface area (TPSA) is 118 Å². The molecule has 1 unspecified atom stereocenters. The minimum atomic E-state index is -1.61. The lowest BCUT2D eigenvalue weighted by molar-refractivity contribution is -0.178. The summed E-state index contributed by atoms with van der Waals surface area (Å²) in [7, 11) is 0. The fourth-order valence-corrected chi connectivity index (χ4v) is 1.45. The zero-order valence-corrected chi connectivity index (χ0v) is 6.74. The van der Waals surface area contributed by atoms with Crippen molar-refractivity contribution in [3.63, 3.8) is 0 Å². The van der Waals surface area contributed by atoms with Crippen LogP contribution in [-0.2, 0) is 4.79 Å². The number of carboxylic acid groups (broad SMARTS) is 1. The van der Waals surface area contributed by atoms with E-state index in [1.807, 2.05) is 0 Å². The Balaban J connectivity index is 2.76. The maximum Gasteiger partial charge on any atom is 0.309 e. The van der Waals surface area contributed by atoms with Gasteiger partial charge >= 0.3 is 5.97 Å². The third-order valence-electron chi connectivity index (χ3n) is 2.32. The second-order valence-electron chi connectivity index (χ2n) is 3.22. The summed E-state index contributed by atoms with van der Waals surface area (Å²) in [6.45, 7) is 0. The Morgan fingerprint density at radius 3 is 2.00 bits per heavy atom. The van der Waals surface area contributed by atoms with Crippen LogP contribution in [0.4, 0.5) is 0 Å². The summed E-state index contributed by atoms with van der Waals surface area (Å²) in [6.07, 6.45) is -6.18. The van der Waals surface area contributed by atoms with Gasteiger partial charge in [-0.15, -0.1) is 0 Å². The molecular weight excluding hydrogens is 180 g/mol. The molecule has 0 aromatic heterocycles. The van der Waals surface area contributed by atoms with Crippen LogP contribution in [0.1, 0.15) is 6.42 Å². The largest absolute Gasteiger partial charge is 0.481 e. The molecule has 6 heteroatoms. The number of aliphatic hydroxyl groups is 4. The van der Waals surface area contributed by atoms with Crippen LogP contribution < -0.4 is 0 Å². The molecule has 1 rings (SSSR count). The van der Waals surface area contributed by atoms with Crippen molar-refractivity contribution in [1.82, 2.24) is 0 Å². The average Bonchev–Trinajstić information content (AvgIpc) is 2.07. The first-order valence-electron chi connectivity index (χ1n) is 3.90. The van der Waals surface area contributed by atoms with Gasteiger partial charge in [0.15, 0.2) is 0 Å². The van der Waals surface area contributed by atoms with Crippen LogP contribution in [0.2, 0.25) is 0 Å². The van der Waals surface area contributed by atoms with E-state index in [1.165, 1.54) is 0 Å². The Hall–Kier alpha value is -0.690. The van der Waals surface area contributed by atoms with Gasteiger partial charge in [0.2, 0.25) is 0 Å². The maximum absolute atomic E-state index is 10.5. The van der Waals surface area contributed by atoms with Gasteiger partial charge in [-0.3, -0.25) is 4.79 Å². The Morgan fingerprint density at radius 1 is 1.00 bits per heavy atom. The second-order valence-corrected chi connectivity index (χ2v) is 3.22. The lowest BCUT2D eigenvalue weighted by Crippen LogP contribution is -2.55. The first-order valence-corrected chi connectivity index (χ1v) is 3.90. The van der Waals surface area contributed by atoms with Crippen LogP contribution in [0.25, 0.3) is 0 Å². The van der Waals surface area contributed by atoms with Crippen molar-refractivity contribution in [2.45, 2.75) is 30.8 Å². The van der Waals surface area contributed by atoms with E-state index in [4.69, 9.17) is 20.4 Å². The molecule has 0 aliphatic heterocycles. The van der Waals surface area contributed by atoms with Gasteiger partial charge in [0, 0.05) is 0 Å². The molecule has 1 fully saturated rings. The molecule has 1 aliphatic rings. The number of aliphatic carboxylic acids is 1.